The Kier molecular flexibility index (Phi) is 3.91. The highest BCUT2D eigenvalue weighted by Gasteiger charge is 2.21. The van der Waals surface area contributed by atoms with Crippen LogP contribution in [-0.4, -0.2) is 21.5 Å². The van der Waals surface area contributed by atoms with E-state index in [1.54, 1.807) is 6.20 Å². The lowest BCUT2D eigenvalue weighted by molar-refractivity contribution is 0.177. The van der Waals surface area contributed by atoms with Crippen molar-refractivity contribution in [1.29, 1.82) is 0 Å². The van der Waals surface area contributed by atoms with Crippen molar-refractivity contribution in [3.8, 4) is 5.75 Å². The van der Waals surface area contributed by atoms with Gasteiger partial charge in [0.2, 0.25) is 0 Å². The molecule has 1 aromatic carbocycles. The van der Waals surface area contributed by atoms with E-state index in [-0.39, 0.29) is 6.04 Å². The van der Waals surface area contributed by atoms with Gasteiger partial charge in [-0.15, -0.1) is 0 Å². The second kappa shape index (κ2) is 5.70. The maximum absolute atomic E-state index is 10.4. The molecule has 0 amide bonds. The Bertz CT molecular complexity index is 652. The van der Waals surface area contributed by atoms with Gasteiger partial charge in [-0.3, -0.25) is 4.68 Å². The van der Waals surface area contributed by atoms with Crippen LogP contribution in [0.2, 0.25) is 5.02 Å². The average molecular weight is 307 g/mol. The molecule has 3 rings (SSSR count). The van der Waals surface area contributed by atoms with Crippen molar-refractivity contribution < 1.29 is 9.84 Å². The zero-order valence-electron chi connectivity index (χ0n) is 12.2. The molecule has 0 radical (unpaired) electrons. The molecule has 5 heteroatoms. The minimum atomic E-state index is -0.607. The molecular weight excluding hydrogens is 288 g/mol. The molecule has 0 saturated carbocycles. The summed E-state index contributed by atoms with van der Waals surface area (Å²) in [4.78, 5) is 0. The predicted molar refractivity (Wildman–Crippen MR) is 81.9 cm³/mol. The summed E-state index contributed by atoms with van der Waals surface area (Å²) in [6.45, 7) is 4.80. The maximum atomic E-state index is 10.4. The third-order valence-electron chi connectivity index (χ3n) is 3.77. The number of rotatable bonds is 4. The monoisotopic (exact) mass is 306 g/mol. The molecule has 112 valence electrons. The van der Waals surface area contributed by atoms with E-state index in [4.69, 9.17) is 16.3 Å². The molecule has 1 unspecified atom stereocenters. The molecule has 1 aromatic heterocycles. The number of hydrogen-bond donors (Lipinski definition) is 1. The van der Waals surface area contributed by atoms with Crippen LogP contribution < -0.4 is 4.74 Å². The van der Waals surface area contributed by atoms with Crippen molar-refractivity contribution in [2.75, 3.05) is 6.61 Å². The molecule has 0 spiro atoms. The van der Waals surface area contributed by atoms with Gasteiger partial charge in [0.25, 0.3) is 0 Å². The molecule has 0 aliphatic carbocycles. The first-order valence-electron chi connectivity index (χ1n) is 7.21. The van der Waals surface area contributed by atoms with Crippen LogP contribution in [0.15, 0.2) is 24.5 Å². The number of fused-ring (bicyclic) bond motifs is 1. The molecule has 1 atom stereocenters. The van der Waals surface area contributed by atoms with E-state index in [1.807, 2.05) is 23.0 Å². The van der Waals surface area contributed by atoms with E-state index in [1.165, 1.54) is 0 Å². The molecule has 1 aliphatic heterocycles. The third-order valence-corrected chi connectivity index (χ3v) is 3.99. The van der Waals surface area contributed by atoms with Crippen molar-refractivity contribution in [1.82, 2.24) is 9.78 Å². The lowest BCUT2D eigenvalue weighted by Gasteiger charge is -2.13. The summed E-state index contributed by atoms with van der Waals surface area (Å²) in [6, 6.07) is 4.10. The fourth-order valence-electron chi connectivity index (χ4n) is 2.63. The van der Waals surface area contributed by atoms with E-state index < -0.39 is 6.10 Å². The smallest absolute Gasteiger partial charge is 0.126 e. The molecule has 0 bridgehead atoms. The van der Waals surface area contributed by atoms with Gasteiger partial charge in [-0.25, -0.2) is 0 Å². The summed E-state index contributed by atoms with van der Waals surface area (Å²) < 4.78 is 7.52. The summed E-state index contributed by atoms with van der Waals surface area (Å²) in [5.41, 5.74) is 2.90. The Morgan fingerprint density at radius 2 is 2.24 bits per heavy atom. The van der Waals surface area contributed by atoms with Gasteiger partial charge >= 0.3 is 0 Å². The number of aliphatic hydroxyl groups excluding tert-OH is 1. The maximum Gasteiger partial charge on any atom is 0.126 e. The topological polar surface area (TPSA) is 47.3 Å². The molecular formula is C16H19ClN2O2. The first-order chi connectivity index (χ1) is 10.0. The van der Waals surface area contributed by atoms with Crippen LogP contribution in [0.3, 0.4) is 0 Å². The second-order valence-corrected chi connectivity index (χ2v) is 6.16. The van der Waals surface area contributed by atoms with Crippen LogP contribution in [0.5, 0.6) is 5.75 Å². The van der Waals surface area contributed by atoms with Gasteiger partial charge in [0, 0.05) is 35.7 Å². The van der Waals surface area contributed by atoms with E-state index in [9.17, 15) is 5.11 Å². The van der Waals surface area contributed by atoms with Gasteiger partial charge < -0.3 is 9.84 Å². The predicted octanol–water partition coefficient (Wildman–Crippen LogP) is 3.33. The van der Waals surface area contributed by atoms with Crippen LogP contribution in [0.4, 0.5) is 0 Å². The Morgan fingerprint density at radius 1 is 1.43 bits per heavy atom. The first kappa shape index (κ1) is 14.4. The zero-order chi connectivity index (χ0) is 15.0. The Morgan fingerprint density at radius 3 is 2.95 bits per heavy atom. The number of hydrogen-bond acceptors (Lipinski definition) is 3. The molecule has 1 aliphatic rings. The Labute approximate surface area is 129 Å². The summed E-state index contributed by atoms with van der Waals surface area (Å²) in [7, 11) is 0. The van der Waals surface area contributed by atoms with Crippen molar-refractivity contribution >= 4 is 11.6 Å². The molecule has 2 heterocycles. The lowest BCUT2D eigenvalue weighted by atomic mass is 10.0. The number of halogens is 1. The van der Waals surface area contributed by atoms with E-state index >= 15 is 0 Å². The van der Waals surface area contributed by atoms with Crippen LogP contribution in [0.25, 0.3) is 0 Å². The summed E-state index contributed by atoms with van der Waals surface area (Å²) in [5.74, 6) is 0.884. The summed E-state index contributed by atoms with van der Waals surface area (Å²) >= 11 is 6.15. The molecule has 2 aromatic rings. The van der Waals surface area contributed by atoms with Crippen molar-refractivity contribution in [2.24, 2.45) is 0 Å². The largest absolute Gasteiger partial charge is 0.493 e. The minimum absolute atomic E-state index is 0.282. The fraction of sp³-hybridized carbons (Fsp3) is 0.438. The molecule has 21 heavy (non-hydrogen) atoms. The van der Waals surface area contributed by atoms with Gasteiger partial charge in [0.05, 0.1) is 18.9 Å². The van der Waals surface area contributed by atoms with Crippen LogP contribution in [0, 0.1) is 0 Å². The molecule has 1 N–H and O–H groups in total. The zero-order valence-corrected chi connectivity index (χ0v) is 13.0. The quantitative estimate of drug-likeness (QED) is 0.942. The number of aromatic nitrogens is 2. The van der Waals surface area contributed by atoms with Gasteiger partial charge in [-0.2, -0.15) is 5.10 Å². The number of aliphatic hydroxyl groups is 1. The summed E-state index contributed by atoms with van der Waals surface area (Å²) in [6.07, 6.45) is 4.36. The van der Waals surface area contributed by atoms with Crippen molar-refractivity contribution in [2.45, 2.75) is 38.8 Å². The van der Waals surface area contributed by atoms with Gasteiger partial charge in [0.15, 0.2) is 0 Å². The third kappa shape index (κ3) is 2.92. The number of benzene rings is 1. The standard InChI is InChI=1S/C16H19ClN2O2/c1-10(2)19-9-13(8-18-19)15(20)7-12-6-14(17)5-11-3-4-21-16(11)12/h5-6,8-10,15,20H,3-4,7H2,1-2H3. The van der Waals surface area contributed by atoms with Crippen molar-refractivity contribution in [3.05, 3.63) is 46.2 Å². The number of nitrogens with zero attached hydrogens (tertiary/aromatic N) is 2. The molecule has 0 saturated heterocycles. The SMILES string of the molecule is CC(C)n1cc(C(O)Cc2cc(Cl)cc3c2OCC3)cn1. The average Bonchev–Trinajstić information content (AvgIpc) is 3.06. The first-order valence-corrected chi connectivity index (χ1v) is 7.58. The van der Waals surface area contributed by atoms with Crippen LogP contribution in [0.1, 0.15) is 42.7 Å². The normalized spacial score (nSPS) is 15.1. The second-order valence-electron chi connectivity index (χ2n) is 5.72. The van der Waals surface area contributed by atoms with Crippen LogP contribution >= 0.6 is 11.6 Å². The highest BCUT2D eigenvalue weighted by Crippen LogP contribution is 2.35. The van der Waals surface area contributed by atoms with Crippen molar-refractivity contribution in [3.63, 3.8) is 0 Å². The van der Waals surface area contributed by atoms with E-state index in [0.29, 0.717) is 18.1 Å². The Hall–Kier alpha value is -1.52. The molecule has 0 fully saturated rings. The van der Waals surface area contributed by atoms with Gasteiger partial charge in [-0.1, -0.05) is 11.6 Å². The minimum Gasteiger partial charge on any atom is -0.493 e. The highest BCUT2D eigenvalue weighted by atomic mass is 35.5. The lowest BCUT2D eigenvalue weighted by Crippen LogP contribution is -2.03. The fourth-order valence-corrected chi connectivity index (χ4v) is 2.89. The Balaban J connectivity index is 1.83. The highest BCUT2D eigenvalue weighted by molar-refractivity contribution is 6.30. The van der Waals surface area contributed by atoms with Gasteiger partial charge in [-0.05, 0) is 37.1 Å². The van der Waals surface area contributed by atoms with E-state index in [2.05, 4.69) is 18.9 Å². The van der Waals surface area contributed by atoms with Gasteiger partial charge in [0.1, 0.15) is 5.75 Å². The van der Waals surface area contributed by atoms with Crippen LogP contribution in [-0.2, 0) is 12.8 Å². The summed E-state index contributed by atoms with van der Waals surface area (Å²) in [5, 5.41) is 15.4. The number of ether oxygens (including phenoxy) is 1. The van der Waals surface area contributed by atoms with E-state index in [0.717, 1.165) is 28.9 Å². The molecule has 4 nitrogen and oxygen atoms in total.